The van der Waals surface area contributed by atoms with E-state index < -0.39 is 0 Å². The molecule has 6 nitrogen and oxygen atoms in total. The van der Waals surface area contributed by atoms with Crippen LogP contribution in [0.5, 0.6) is 0 Å². The normalized spacial score (nSPS) is 22.8. The fraction of sp³-hybridized carbons (Fsp3) is 0.882. The molecule has 0 radical (unpaired) electrons. The third kappa shape index (κ3) is 6.38. The summed E-state index contributed by atoms with van der Waals surface area (Å²) in [5.74, 6) is 0.870. The standard InChI is InChI=1S/C17H33N3O3.HI/c1-8-18-16(19-9-14(22-6)17(3,4)5)20-10-12(2)13(11-20)15(21)23-7;/h12-14H,8-11H2,1-7H3,(H,18,19);1H. The Kier molecular flexibility index (Phi) is 10.2. The number of hydrogen-bond acceptors (Lipinski definition) is 4. The predicted octanol–water partition coefficient (Wildman–Crippen LogP) is 2.37. The van der Waals surface area contributed by atoms with Crippen molar-refractivity contribution >= 4 is 35.9 Å². The van der Waals surface area contributed by atoms with Gasteiger partial charge in [-0.3, -0.25) is 9.79 Å². The zero-order chi connectivity index (χ0) is 17.6. The Morgan fingerprint density at radius 1 is 1.33 bits per heavy atom. The van der Waals surface area contributed by atoms with Gasteiger partial charge in [-0.15, -0.1) is 24.0 Å². The topological polar surface area (TPSA) is 63.2 Å². The van der Waals surface area contributed by atoms with Crippen molar-refractivity contribution in [1.82, 2.24) is 10.2 Å². The Labute approximate surface area is 163 Å². The molecule has 1 aliphatic heterocycles. The summed E-state index contributed by atoms with van der Waals surface area (Å²) in [6.45, 7) is 13.4. The van der Waals surface area contributed by atoms with Gasteiger partial charge in [0.05, 0.1) is 25.7 Å². The van der Waals surface area contributed by atoms with Gasteiger partial charge in [-0.1, -0.05) is 27.7 Å². The van der Waals surface area contributed by atoms with E-state index in [0.717, 1.165) is 19.0 Å². The highest BCUT2D eigenvalue weighted by Crippen LogP contribution is 2.25. The third-order valence-electron chi connectivity index (χ3n) is 4.41. The van der Waals surface area contributed by atoms with Gasteiger partial charge >= 0.3 is 5.97 Å². The summed E-state index contributed by atoms with van der Waals surface area (Å²) in [6.07, 6.45) is 0.0487. The molecule has 1 saturated heterocycles. The van der Waals surface area contributed by atoms with Crippen LogP contribution in [-0.4, -0.2) is 63.3 Å². The molecule has 0 aliphatic carbocycles. The number of methoxy groups -OCH3 is 2. The third-order valence-corrected chi connectivity index (χ3v) is 4.41. The molecule has 0 aromatic heterocycles. The summed E-state index contributed by atoms with van der Waals surface area (Å²) >= 11 is 0. The molecule has 0 spiro atoms. The molecule has 1 fully saturated rings. The molecular formula is C17H34IN3O3. The van der Waals surface area contributed by atoms with E-state index in [-0.39, 0.29) is 53.3 Å². The van der Waals surface area contributed by atoms with E-state index in [2.05, 4.69) is 37.9 Å². The zero-order valence-electron chi connectivity index (χ0n) is 16.1. The number of esters is 1. The minimum absolute atomic E-state index is 0. The first-order chi connectivity index (χ1) is 10.7. The molecule has 1 aliphatic rings. The van der Waals surface area contributed by atoms with Crippen molar-refractivity contribution in [1.29, 1.82) is 0 Å². The van der Waals surface area contributed by atoms with Crippen molar-refractivity contribution < 1.29 is 14.3 Å². The fourth-order valence-electron chi connectivity index (χ4n) is 2.90. The SMILES string of the molecule is CCNC(=NCC(OC)C(C)(C)C)N1CC(C)C(C(=O)OC)C1.I. The zero-order valence-corrected chi connectivity index (χ0v) is 18.4. The molecule has 1 rings (SSSR count). The smallest absolute Gasteiger partial charge is 0.310 e. The maximum atomic E-state index is 11.9. The monoisotopic (exact) mass is 455 g/mol. The summed E-state index contributed by atoms with van der Waals surface area (Å²) in [5, 5.41) is 3.32. The summed E-state index contributed by atoms with van der Waals surface area (Å²) < 4.78 is 10.5. The number of halogens is 1. The summed E-state index contributed by atoms with van der Waals surface area (Å²) in [4.78, 5) is 18.8. The number of carbonyl (C=O) groups excluding carboxylic acids is 1. The second-order valence-corrected chi connectivity index (χ2v) is 7.30. The Morgan fingerprint density at radius 2 is 1.96 bits per heavy atom. The van der Waals surface area contributed by atoms with E-state index in [1.54, 1.807) is 7.11 Å². The van der Waals surface area contributed by atoms with Gasteiger partial charge in [0.15, 0.2) is 5.96 Å². The van der Waals surface area contributed by atoms with Crippen LogP contribution >= 0.6 is 24.0 Å². The minimum atomic E-state index is -0.139. The lowest BCUT2D eigenvalue weighted by Crippen LogP contribution is -2.42. The van der Waals surface area contributed by atoms with Gasteiger partial charge in [0.1, 0.15) is 0 Å². The molecule has 3 unspecified atom stereocenters. The number of nitrogens with zero attached hydrogens (tertiary/aromatic N) is 2. The molecule has 1 N–H and O–H groups in total. The Bertz CT molecular complexity index is 424. The average Bonchev–Trinajstić information content (AvgIpc) is 2.86. The molecule has 3 atom stereocenters. The van der Waals surface area contributed by atoms with Crippen molar-refractivity contribution in [3.05, 3.63) is 0 Å². The number of likely N-dealkylation sites (tertiary alicyclic amines) is 1. The van der Waals surface area contributed by atoms with Crippen molar-refractivity contribution in [2.75, 3.05) is 40.4 Å². The number of aliphatic imine (C=N–C) groups is 1. The molecule has 0 aromatic rings. The summed E-state index contributed by atoms with van der Waals surface area (Å²) in [6, 6.07) is 0. The Hall–Kier alpha value is -0.570. The lowest BCUT2D eigenvalue weighted by molar-refractivity contribution is -0.145. The number of rotatable bonds is 5. The molecule has 142 valence electrons. The van der Waals surface area contributed by atoms with Gasteiger partial charge in [0.25, 0.3) is 0 Å². The minimum Gasteiger partial charge on any atom is -0.469 e. The van der Waals surface area contributed by atoms with Crippen LogP contribution in [0.2, 0.25) is 0 Å². The molecule has 0 aromatic carbocycles. The van der Waals surface area contributed by atoms with Crippen LogP contribution in [0.1, 0.15) is 34.6 Å². The van der Waals surface area contributed by atoms with E-state index in [9.17, 15) is 4.79 Å². The highest BCUT2D eigenvalue weighted by atomic mass is 127. The number of guanidine groups is 1. The number of carbonyl (C=O) groups is 1. The van der Waals surface area contributed by atoms with E-state index in [1.807, 2.05) is 6.92 Å². The molecule has 0 saturated carbocycles. The Balaban J connectivity index is 0.00000529. The van der Waals surface area contributed by atoms with Gasteiger partial charge in [-0.05, 0) is 18.3 Å². The lowest BCUT2D eigenvalue weighted by atomic mass is 9.89. The van der Waals surface area contributed by atoms with Crippen molar-refractivity contribution in [2.45, 2.75) is 40.7 Å². The van der Waals surface area contributed by atoms with Crippen molar-refractivity contribution in [3.63, 3.8) is 0 Å². The van der Waals surface area contributed by atoms with E-state index in [1.165, 1.54) is 7.11 Å². The van der Waals surface area contributed by atoms with Gasteiger partial charge in [-0.2, -0.15) is 0 Å². The van der Waals surface area contributed by atoms with Gasteiger partial charge in [0.2, 0.25) is 0 Å². The summed E-state index contributed by atoms with van der Waals surface area (Å²) in [5.41, 5.74) is 0.0302. The highest BCUT2D eigenvalue weighted by molar-refractivity contribution is 14.0. The largest absolute Gasteiger partial charge is 0.469 e. The average molecular weight is 455 g/mol. The number of ether oxygens (including phenoxy) is 2. The first-order valence-electron chi connectivity index (χ1n) is 8.38. The maximum absolute atomic E-state index is 11.9. The van der Waals surface area contributed by atoms with Crippen LogP contribution in [0.3, 0.4) is 0 Å². The molecule has 7 heteroatoms. The van der Waals surface area contributed by atoms with E-state index in [4.69, 9.17) is 14.5 Å². The first kappa shape index (κ1) is 23.4. The van der Waals surface area contributed by atoms with Crippen LogP contribution in [0, 0.1) is 17.3 Å². The second kappa shape index (κ2) is 10.4. The quantitative estimate of drug-likeness (QED) is 0.299. The van der Waals surface area contributed by atoms with E-state index >= 15 is 0 Å². The van der Waals surface area contributed by atoms with Gasteiger partial charge < -0.3 is 19.7 Å². The van der Waals surface area contributed by atoms with Crippen LogP contribution < -0.4 is 5.32 Å². The van der Waals surface area contributed by atoms with Crippen LogP contribution in [0.25, 0.3) is 0 Å². The second-order valence-electron chi connectivity index (χ2n) is 7.30. The van der Waals surface area contributed by atoms with Crippen LogP contribution in [0.15, 0.2) is 4.99 Å². The highest BCUT2D eigenvalue weighted by Gasteiger charge is 2.37. The molecule has 0 amide bonds. The van der Waals surface area contributed by atoms with E-state index in [0.29, 0.717) is 13.1 Å². The van der Waals surface area contributed by atoms with Crippen LogP contribution in [0.4, 0.5) is 0 Å². The van der Waals surface area contributed by atoms with Crippen molar-refractivity contribution in [3.8, 4) is 0 Å². The first-order valence-corrected chi connectivity index (χ1v) is 8.38. The van der Waals surface area contributed by atoms with Gasteiger partial charge in [-0.25, -0.2) is 0 Å². The molecular weight excluding hydrogens is 421 g/mol. The van der Waals surface area contributed by atoms with Crippen molar-refractivity contribution in [2.24, 2.45) is 22.2 Å². The predicted molar refractivity (Wildman–Crippen MR) is 108 cm³/mol. The maximum Gasteiger partial charge on any atom is 0.310 e. The van der Waals surface area contributed by atoms with Crippen LogP contribution in [-0.2, 0) is 14.3 Å². The number of nitrogens with one attached hydrogen (secondary N) is 1. The fourth-order valence-corrected chi connectivity index (χ4v) is 2.90. The Morgan fingerprint density at radius 3 is 2.42 bits per heavy atom. The molecule has 0 bridgehead atoms. The van der Waals surface area contributed by atoms with Gasteiger partial charge in [0, 0.05) is 26.7 Å². The lowest BCUT2D eigenvalue weighted by Gasteiger charge is -2.29. The summed E-state index contributed by atoms with van der Waals surface area (Å²) in [7, 11) is 3.17. The molecule has 1 heterocycles. The number of hydrogen-bond donors (Lipinski definition) is 1. The molecule has 24 heavy (non-hydrogen) atoms.